The number of hydrogen-bond donors (Lipinski definition) is 3. The lowest BCUT2D eigenvalue weighted by atomic mass is 10.0. The van der Waals surface area contributed by atoms with Crippen molar-refractivity contribution in [2.24, 2.45) is 5.92 Å². The van der Waals surface area contributed by atoms with Gasteiger partial charge in [-0.2, -0.15) is 0 Å². The summed E-state index contributed by atoms with van der Waals surface area (Å²) in [6.07, 6.45) is 1.22. The van der Waals surface area contributed by atoms with Gasteiger partial charge in [-0.05, 0) is 36.6 Å². The summed E-state index contributed by atoms with van der Waals surface area (Å²) >= 11 is 0. The molecule has 1 aromatic carbocycles. The molecule has 1 aromatic heterocycles. The molecule has 0 radical (unpaired) electrons. The van der Waals surface area contributed by atoms with Crippen molar-refractivity contribution < 1.29 is 14.3 Å². The maximum atomic E-state index is 12.1. The molecule has 24 heavy (non-hydrogen) atoms. The molecule has 2 amide bonds. The third-order valence-electron chi connectivity index (χ3n) is 3.72. The fourth-order valence-corrected chi connectivity index (χ4v) is 2.26. The van der Waals surface area contributed by atoms with Gasteiger partial charge >= 0.3 is 6.03 Å². The van der Waals surface area contributed by atoms with Crippen LogP contribution < -0.4 is 10.6 Å². The number of hydrogen-bond acceptors (Lipinski definition) is 5. The maximum Gasteiger partial charge on any atom is 0.319 e. The number of rotatable bonds is 7. The average molecular weight is 332 g/mol. The second-order valence-corrected chi connectivity index (χ2v) is 5.89. The molecular weight excluding hydrogens is 308 g/mol. The summed E-state index contributed by atoms with van der Waals surface area (Å²) < 4.78 is 5.50. The molecule has 3 N–H and O–H groups in total. The first-order valence-electron chi connectivity index (χ1n) is 8.14. The number of urea groups is 1. The van der Waals surface area contributed by atoms with Gasteiger partial charge in [0.2, 0.25) is 11.8 Å². The van der Waals surface area contributed by atoms with Crippen molar-refractivity contribution >= 4 is 11.7 Å². The number of amides is 2. The molecule has 0 aliphatic heterocycles. The van der Waals surface area contributed by atoms with Gasteiger partial charge in [0, 0.05) is 30.3 Å². The lowest BCUT2D eigenvalue weighted by Crippen LogP contribution is -2.41. The molecule has 0 saturated carbocycles. The van der Waals surface area contributed by atoms with E-state index < -0.39 is 0 Å². The van der Waals surface area contributed by atoms with Crippen LogP contribution in [0.15, 0.2) is 28.7 Å². The first-order valence-corrected chi connectivity index (χ1v) is 8.14. The molecule has 2 aromatic rings. The van der Waals surface area contributed by atoms with Crippen molar-refractivity contribution in [3.8, 4) is 11.5 Å². The molecule has 0 saturated heterocycles. The summed E-state index contributed by atoms with van der Waals surface area (Å²) in [4.78, 5) is 12.1. The van der Waals surface area contributed by atoms with Crippen LogP contribution in [0.1, 0.15) is 33.1 Å². The van der Waals surface area contributed by atoms with Crippen LogP contribution in [0.4, 0.5) is 10.5 Å². The predicted octanol–water partition coefficient (Wildman–Crippen LogP) is 2.83. The Labute approximate surface area is 141 Å². The summed E-state index contributed by atoms with van der Waals surface area (Å²) in [5, 5.41) is 22.6. The van der Waals surface area contributed by atoms with Crippen LogP contribution in [0.3, 0.4) is 0 Å². The molecule has 2 rings (SSSR count). The second kappa shape index (κ2) is 8.44. The van der Waals surface area contributed by atoms with Crippen LogP contribution in [-0.4, -0.2) is 34.0 Å². The van der Waals surface area contributed by atoms with Crippen LogP contribution >= 0.6 is 0 Å². The van der Waals surface area contributed by atoms with Gasteiger partial charge in [0.15, 0.2) is 0 Å². The van der Waals surface area contributed by atoms with Gasteiger partial charge in [-0.25, -0.2) is 4.79 Å². The van der Waals surface area contributed by atoms with E-state index in [1.165, 1.54) is 0 Å². The van der Waals surface area contributed by atoms with Gasteiger partial charge in [0.05, 0.1) is 0 Å². The predicted molar refractivity (Wildman–Crippen MR) is 91.6 cm³/mol. The molecule has 0 spiro atoms. The summed E-state index contributed by atoms with van der Waals surface area (Å²) in [6, 6.07) is 6.83. The molecule has 1 atom stereocenters. The largest absolute Gasteiger partial charge is 0.421 e. The first-order chi connectivity index (χ1) is 11.5. The zero-order valence-electron chi connectivity index (χ0n) is 14.2. The highest BCUT2D eigenvalue weighted by Crippen LogP contribution is 2.20. The molecule has 1 unspecified atom stereocenters. The Morgan fingerprint density at radius 3 is 2.50 bits per heavy atom. The number of aliphatic hydroxyl groups excluding tert-OH is 1. The molecule has 7 heteroatoms. The Morgan fingerprint density at radius 2 is 1.96 bits per heavy atom. The third-order valence-corrected chi connectivity index (χ3v) is 3.72. The summed E-state index contributed by atoms with van der Waals surface area (Å²) in [5.41, 5.74) is 1.46. The van der Waals surface area contributed by atoms with Crippen molar-refractivity contribution in [2.45, 2.75) is 39.7 Å². The van der Waals surface area contributed by atoms with Gasteiger partial charge < -0.3 is 20.2 Å². The van der Waals surface area contributed by atoms with Crippen LogP contribution in [0.2, 0.25) is 0 Å². The minimum absolute atomic E-state index is 0.0434. The SMILES string of the molecule is CCc1nnc(-c2ccc(NC(=O)NC(CCO)C(C)C)cc2)o1. The fourth-order valence-electron chi connectivity index (χ4n) is 2.26. The topological polar surface area (TPSA) is 100 Å². The Hall–Kier alpha value is -2.41. The second-order valence-electron chi connectivity index (χ2n) is 5.89. The average Bonchev–Trinajstić information content (AvgIpc) is 3.04. The zero-order valence-corrected chi connectivity index (χ0v) is 14.2. The van der Waals surface area contributed by atoms with Crippen molar-refractivity contribution in [3.05, 3.63) is 30.2 Å². The van der Waals surface area contributed by atoms with E-state index in [1.54, 1.807) is 12.1 Å². The van der Waals surface area contributed by atoms with Crippen molar-refractivity contribution in [1.29, 1.82) is 0 Å². The fraction of sp³-hybridized carbons (Fsp3) is 0.471. The number of aromatic nitrogens is 2. The first kappa shape index (κ1) is 17.9. The number of nitrogens with one attached hydrogen (secondary N) is 2. The standard InChI is InChI=1S/C17H24N4O3/c1-4-15-20-21-16(24-15)12-5-7-13(8-6-12)18-17(23)19-14(9-10-22)11(2)3/h5-8,11,14,22H,4,9-10H2,1-3H3,(H2,18,19,23). The van der Waals surface area contributed by atoms with Gasteiger partial charge in [-0.15, -0.1) is 10.2 Å². The normalized spacial score (nSPS) is 12.2. The van der Waals surface area contributed by atoms with E-state index in [9.17, 15) is 4.79 Å². The molecule has 1 heterocycles. The van der Waals surface area contributed by atoms with E-state index in [0.29, 0.717) is 30.3 Å². The summed E-state index contributed by atoms with van der Waals surface area (Å²) in [5.74, 6) is 1.30. The third kappa shape index (κ3) is 4.79. The van der Waals surface area contributed by atoms with Gasteiger partial charge in [-0.1, -0.05) is 20.8 Å². The lowest BCUT2D eigenvalue weighted by Gasteiger charge is -2.21. The minimum Gasteiger partial charge on any atom is -0.421 e. The highest BCUT2D eigenvalue weighted by Gasteiger charge is 2.15. The number of anilines is 1. The Kier molecular flexibility index (Phi) is 6.31. The van der Waals surface area contributed by atoms with E-state index in [4.69, 9.17) is 9.52 Å². The number of nitrogens with zero attached hydrogens (tertiary/aromatic N) is 2. The summed E-state index contributed by atoms with van der Waals surface area (Å²) in [6.45, 7) is 6.00. The highest BCUT2D eigenvalue weighted by molar-refractivity contribution is 5.89. The van der Waals surface area contributed by atoms with Gasteiger partial charge in [0.1, 0.15) is 0 Å². The number of benzene rings is 1. The monoisotopic (exact) mass is 332 g/mol. The molecule has 0 fully saturated rings. The van der Waals surface area contributed by atoms with E-state index in [1.807, 2.05) is 32.9 Å². The lowest BCUT2D eigenvalue weighted by molar-refractivity contribution is 0.227. The Balaban J connectivity index is 1.96. The Morgan fingerprint density at radius 1 is 1.25 bits per heavy atom. The molecular formula is C17H24N4O3. The van der Waals surface area contributed by atoms with E-state index in [-0.39, 0.29) is 24.6 Å². The maximum absolute atomic E-state index is 12.1. The number of aryl methyl sites for hydroxylation is 1. The molecule has 0 aliphatic carbocycles. The van der Waals surface area contributed by atoms with Crippen molar-refractivity contribution in [1.82, 2.24) is 15.5 Å². The van der Waals surface area contributed by atoms with Gasteiger partial charge in [-0.3, -0.25) is 0 Å². The van der Waals surface area contributed by atoms with Crippen molar-refractivity contribution in [2.75, 3.05) is 11.9 Å². The van der Waals surface area contributed by atoms with Gasteiger partial charge in [0.25, 0.3) is 0 Å². The summed E-state index contributed by atoms with van der Waals surface area (Å²) in [7, 11) is 0. The van der Waals surface area contributed by atoms with E-state index >= 15 is 0 Å². The minimum atomic E-state index is -0.291. The van der Waals surface area contributed by atoms with Crippen LogP contribution in [0, 0.1) is 5.92 Å². The van der Waals surface area contributed by atoms with Crippen LogP contribution in [0.5, 0.6) is 0 Å². The number of aliphatic hydroxyl groups is 1. The number of carbonyl (C=O) groups excluding carboxylic acids is 1. The Bertz CT molecular complexity index is 652. The van der Waals surface area contributed by atoms with Crippen LogP contribution in [-0.2, 0) is 6.42 Å². The van der Waals surface area contributed by atoms with E-state index in [0.717, 1.165) is 5.56 Å². The molecule has 0 aliphatic rings. The quantitative estimate of drug-likeness (QED) is 0.724. The van der Waals surface area contributed by atoms with E-state index in [2.05, 4.69) is 20.8 Å². The van der Waals surface area contributed by atoms with Crippen LogP contribution in [0.25, 0.3) is 11.5 Å². The molecule has 130 valence electrons. The smallest absolute Gasteiger partial charge is 0.319 e. The highest BCUT2D eigenvalue weighted by atomic mass is 16.4. The zero-order chi connectivity index (χ0) is 17.5. The molecule has 0 bridgehead atoms. The number of carbonyl (C=O) groups is 1. The molecule has 7 nitrogen and oxygen atoms in total. The van der Waals surface area contributed by atoms with Crippen molar-refractivity contribution in [3.63, 3.8) is 0 Å².